The third-order valence-electron chi connectivity index (χ3n) is 1.33. The third-order valence-corrected chi connectivity index (χ3v) is 2.03. The Hall–Kier alpha value is -0.380. The molecule has 1 atom stereocenters. The molecule has 3 heteroatoms. The number of rotatable bonds is 3. The molecule has 0 aliphatic heterocycles. The van der Waals surface area contributed by atoms with E-state index in [4.69, 9.17) is 5.11 Å². The molecule has 0 amide bonds. The summed E-state index contributed by atoms with van der Waals surface area (Å²) < 4.78 is 0. The largest absolute Gasteiger partial charge is 0.396 e. The van der Waals surface area contributed by atoms with Gasteiger partial charge in [-0.25, -0.2) is 0 Å². The van der Waals surface area contributed by atoms with Gasteiger partial charge in [0.15, 0.2) is 0 Å². The Morgan fingerprint density at radius 3 is 2.90 bits per heavy atom. The summed E-state index contributed by atoms with van der Waals surface area (Å²) >= 11 is 1.55. The summed E-state index contributed by atoms with van der Waals surface area (Å²) in [4.78, 5) is 0. The minimum atomic E-state index is -0.490. The Labute approximate surface area is 63.8 Å². The topological polar surface area (TPSA) is 40.5 Å². The van der Waals surface area contributed by atoms with E-state index in [0.29, 0.717) is 6.42 Å². The van der Waals surface area contributed by atoms with Crippen LogP contribution in [0.15, 0.2) is 16.8 Å². The maximum Gasteiger partial charge on any atom is 0.0819 e. The number of aliphatic hydroxyl groups is 2. The van der Waals surface area contributed by atoms with Crippen molar-refractivity contribution in [2.24, 2.45) is 0 Å². The molecule has 0 saturated carbocycles. The lowest BCUT2D eigenvalue weighted by Crippen LogP contribution is -1.97. The predicted molar refractivity (Wildman–Crippen MR) is 41.0 cm³/mol. The standard InChI is InChI=1S/C7H10O2S/c8-3-1-7(9)6-2-4-10-5-6/h2,4-5,7-9H,1,3H2. The van der Waals surface area contributed by atoms with Gasteiger partial charge in [0.1, 0.15) is 0 Å². The average Bonchev–Trinajstić information content (AvgIpc) is 2.38. The molecule has 0 bridgehead atoms. The molecule has 1 aromatic heterocycles. The number of thiophene rings is 1. The lowest BCUT2D eigenvalue weighted by molar-refractivity contribution is 0.134. The van der Waals surface area contributed by atoms with Gasteiger partial charge < -0.3 is 10.2 Å². The van der Waals surface area contributed by atoms with Crippen molar-refractivity contribution in [3.63, 3.8) is 0 Å². The molecular weight excluding hydrogens is 148 g/mol. The molecule has 1 rings (SSSR count). The molecule has 1 heterocycles. The van der Waals surface area contributed by atoms with Gasteiger partial charge in [0, 0.05) is 13.0 Å². The van der Waals surface area contributed by atoms with Crippen molar-refractivity contribution in [3.05, 3.63) is 22.4 Å². The van der Waals surface area contributed by atoms with Crippen molar-refractivity contribution in [1.82, 2.24) is 0 Å². The van der Waals surface area contributed by atoms with E-state index in [0.717, 1.165) is 5.56 Å². The maximum absolute atomic E-state index is 9.26. The first-order valence-corrected chi connectivity index (χ1v) is 4.10. The van der Waals surface area contributed by atoms with E-state index in [1.165, 1.54) is 0 Å². The van der Waals surface area contributed by atoms with E-state index < -0.39 is 6.10 Å². The highest BCUT2D eigenvalue weighted by Gasteiger charge is 2.05. The first kappa shape index (κ1) is 7.72. The van der Waals surface area contributed by atoms with Crippen LogP contribution in [0.5, 0.6) is 0 Å². The molecule has 2 N–H and O–H groups in total. The van der Waals surface area contributed by atoms with Gasteiger partial charge in [-0.15, -0.1) is 0 Å². The predicted octanol–water partition coefficient (Wildman–Crippen LogP) is 1.16. The molecule has 10 heavy (non-hydrogen) atoms. The van der Waals surface area contributed by atoms with E-state index in [1.807, 2.05) is 16.8 Å². The Morgan fingerprint density at radius 1 is 1.60 bits per heavy atom. The average molecular weight is 158 g/mol. The highest BCUT2D eigenvalue weighted by atomic mass is 32.1. The van der Waals surface area contributed by atoms with Crippen LogP contribution in [0, 0.1) is 0 Å². The Kier molecular flexibility index (Phi) is 2.86. The van der Waals surface area contributed by atoms with Crippen molar-refractivity contribution in [1.29, 1.82) is 0 Å². The molecule has 1 aromatic rings. The smallest absolute Gasteiger partial charge is 0.0819 e. The molecule has 0 spiro atoms. The summed E-state index contributed by atoms with van der Waals surface area (Å²) in [5.41, 5.74) is 0.902. The Bertz CT molecular complexity index is 172. The molecule has 56 valence electrons. The van der Waals surface area contributed by atoms with Crippen LogP contribution < -0.4 is 0 Å². The summed E-state index contributed by atoms with van der Waals surface area (Å²) in [6, 6.07) is 1.87. The molecule has 1 unspecified atom stereocenters. The first-order valence-electron chi connectivity index (χ1n) is 3.15. The molecule has 0 aliphatic carbocycles. The zero-order valence-electron chi connectivity index (χ0n) is 5.53. The van der Waals surface area contributed by atoms with Crippen LogP contribution >= 0.6 is 11.3 Å². The van der Waals surface area contributed by atoms with Crippen LogP contribution in [0.1, 0.15) is 18.1 Å². The second-order valence-electron chi connectivity index (χ2n) is 2.08. The van der Waals surface area contributed by atoms with Crippen molar-refractivity contribution < 1.29 is 10.2 Å². The van der Waals surface area contributed by atoms with Crippen LogP contribution in [0.4, 0.5) is 0 Å². The fraction of sp³-hybridized carbons (Fsp3) is 0.429. The Balaban J connectivity index is 2.50. The third kappa shape index (κ3) is 1.80. The second-order valence-corrected chi connectivity index (χ2v) is 2.86. The zero-order chi connectivity index (χ0) is 7.40. The van der Waals surface area contributed by atoms with E-state index in [9.17, 15) is 5.11 Å². The van der Waals surface area contributed by atoms with Gasteiger partial charge in [-0.05, 0) is 22.4 Å². The Morgan fingerprint density at radius 2 is 2.40 bits per heavy atom. The summed E-state index contributed by atoms with van der Waals surface area (Å²) in [5, 5.41) is 21.5. The van der Waals surface area contributed by atoms with Gasteiger partial charge in [-0.2, -0.15) is 11.3 Å². The summed E-state index contributed by atoms with van der Waals surface area (Å²) in [6.07, 6.45) is -0.0623. The zero-order valence-corrected chi connectivity index (χ0v) is 6.34. The lowest BCUT2D eigenvalue weighted by Gasteiger charge is -2.04. The molecule has 0 fully saturated rings. The van der Waals surface area contributed by atoms with Gasteiger partial charge in [-0.3, -0.25) is 0 Å². The summed E-state index contributed by atoms with van der Waals surface area (Å²) in [7, 11) is 0. The lowest BCUT2D eigenvalue weighted by atomic mass is 10.1. The van der Waals surface area contributed by atoms with E-state index in [-0.39, 0.29) is 6.61 Å². The van der Waals surface area contributed by atoms with Gasteiger partial charge in [0.2, 0.25) is 0 Å². The van der Waals surface area contributed by atoms with Gasteiger partial charge in [-0.1, -0.05) is 0 Å². The minimum absolute atomic E-state index is 0.0387. The van der Waals surface area contributed by atoms with E-state index in [2.05, 4.69) is 0 Å². The minimum Gasteiger partial charge on any atom is -0.396 e. The monoisotopic (exact) mass is 158 g/mol. The fourth-order valence-corrected chi connectivity index (χ4v) is 1.46. The molecule has 0 saturated heterocycles. The van der Waals surface area contributed by atoms with Crippen molar-refractivity contribution in [2.75, 3.05) is 6.61 Å². The van der Waals surface area contributed by atoms with Gasteiger partial charge in [0.05, 0.1) is 6.10 Å². The molecule has 0 radical (unpaired) electrons. The quantitative estimate of drug-likeness (QED) is 0.693. The van der Waals surface area contributed by atoms with Gasteiger partial charge >= 0.3 is 0 Å². The highest BCUT2D eigenvalue weighted by Crippen LogP contribution is 2.18. The number of hydrogen-bond acceptors (Lipinski definition) is 3. The van der Waals surface area contributed by atoms with Gasteiger partial charge in [0.25, 0.3) is 0 Å². The molecule has 0 aromatic carbocycles. The van der Waals surface area contributed by atoms with Crippen molar-refractivity contribution in [3.8, 4) is 0 Å². The van der Waals surface area contributed by atoms with Crippen molar-refractivity contribution >= 4 is 11.3 Å². The fourth-order valence-electron chi connectivity index (χ4n) is 0.754. The van der Waals surface area contributed by atoms with Crippen molar-refractivity contribution in [2.45, 2.75) is 12.5 Å². The SMILES string of the molecule is OCCC(O)c1ccsc1. The van der Waals surface area contributed by atoms with E-state index >= 15 is 0 Å². The summed E-state index contributed by atoms with van der Waals surface area (Å²) in [6.45, 7) is 0.0387. The number of hydrogen-bond donors (Lipinski definition) is 2. The molecule has 0 aliphatic rings. The normalized spacial score (nSPS) is 13.4. The summed E-state index contributed by atoms with van der Waals surface area (Å²) in [5.74, 6) is 0. The molecular formula is C7H10O2S. The second kappa shape index (κ2) is 3.71. The van der Waals surface area contributed by atoms with Crippen LogP contribution in [0.25, 0.3) is 0 Å². The first-order chi connectivity index (χ1) is 4.84. The maximum atomic E-state index is 9.26. The van der Waals surface area contributed by atoms with Crippen LogP contribution in [-0.4, -0.2) is 16.8 Å². The van der Waals surface area contributed by atoms with Crippen LogP contribution in [0.3, 0.4) is 0 Å². The highest BCUT2D eigenvalue weighted by molar-refractivity contribution is 7.07. The number of aliphatic hydroxyl groups excluding tert-OH is 2. The van der Waals surface area contributed by atoms with Crippen LogP contribution in [-0.2, 0) is 0 Å². The van der Waals surface area contributed by atoms with E-state index in [1.54, 1.807) is 11.3 Å². The molecule has 2 nitrogen and oxygen atoms in total. The van der Waals surface area contributed by atoms with Crippen LogP contribution in [0.2, 0.25) is 0 Å².